The van der Waals surface area contributed by atoms with Gasteiger partial charge in [-0.15, -0.1) is 0 Å². The Labute approximate surface area is 123 Å². The van der Waals surface area contributed by atoms with Crippen molar-refractivity contribution in [1.29, 1.82) is 0 Å². The van der Waals surface area contributed by atoms with Crippen molar-refractivity contribution in [1.82, 2.24) is 0 Å². The van der Waals surface area contributed by atoms with Crippen LogP contribution in [0.25, 0.3) is 0 Å². The van der Waals surface area contributed by atoms with Crippen molar-refractivity contribution < 1.29 is 19.0 Å². The predicted octanol–water partition coefficient (Wildman–Crippen LogP) is 4.02. The van der Waals surface area contributed by atoms with Crippen molar-refractivity contribution in [2.75, 3.05) is 0 Å². The lowest BCUT2D eigenvalue weighted by molar-refractivity contribution is -0.325. The average Bonchev–Trinajstić information content (AvgIpc) is 2.32. The van der Waals surface area contributed by atoms with Crippen molar-refractivity contribution in [3.05, 3.63) is 0 Å². The molecule has 3 atom stereocenters. The number of carbonyl (C=O) groups is 1. The number of ether oxygens (including phenoxy) is 3. The van der Waals surface area contributed by atoms with E-state index in [1.54, 1.807) is 0 Å². The fraction of sp³-hybridized carbons (Fsp3) is 0.938. The molecule has 0 unspecified atom stereocenters. The highest BCUT2D eigenvalue weighted by atomic mass is 16.8. The molecule has 1 saturated heterocycles. The minimum atomic E-state index is -0.471. The van der Waals surface area contributed by atoms with Crippen LogP contribution in [0.4, 0.5) is 0 Å². The number of unbranched alkanes of at least 4 members (excludes halogenated alkanes) is 3. The van der Waals surface area contributed by atoms with Crippen molar-refractivity contribution in [3.8, 4) is 0 Å². The van der Waals surface area contributed by atoms with Gasteiger partial charge < -0.3 is 14.2 Å². The summed E-state index contributed by atoms with van der Waals surface area (Å²) in [4.78, 5) is 11.1. The smallest absolute Gasteiger partial charge is 0.304 e. The van der Waals surface area contributed by atoms with Gasteiger partial charge in [-0.2, -0.15) is 0 Å². The Morgan fingerprint density at radius 1 is 1.20 bits per heavy atom. The third kappa shape index (κ3) is 6.23. The normalized spacial score (nSPS) is 27.4. The molecule has 1 aliphatic rings. The van der Waals surface area contributed by atoms with E-state index >= 15 is 0 Å². The van der Waals surface area contributed by atoms with E-state index in [-0.39, 0.29) is 23.8 Å². The summed E-state index contributed by atoms with van der Waals surface area (Å²) >= 11 is 0. The molecule has 0 aromatic rings. The minimum absolute atomic E-state index is 0.120. The van der Waals surface area contributed by atoms with E-state index in [2.05, 4.69) is 27.7 Å². The Balaban J connectivity index is 2.53. The maximum atomic E-state index is 11.1. The van der Waals surface area contributed by atoms with E-state index in [9.17, 15) is 4.79 Å². The van der Waals surface area contributed by atoms with Crippen LogP contribution in [-0.4, -0.2) is 24.7 Å². The van der Waals surface area contributed by atoms with Crippen molar-refractivity contribution in [2.45, 2.75) is 91.8 Å². The summed E-state index contributed by atoms with van der Waals surface area (Å²) in [5.41, 5.74) is -0.125. The van der Waals surface area contributed by atoms with Crippen LogP contribution in [0.2, 0.25) is 0 Å². The monoisotopic (exact) mass is 286 g/mol. The summed E-state index contributed by atoms with van der Waals surface area (Å²) in [6, 6.07) is 0. The maximum absolute atomic E-state index is 11.1. The topological polar surface area (TPSA) is 44.8 Å². The molecule has 1 rings (SSSR count). The molecule has 0 aliphatic carbocycles. The highest BCUT2D eigenvalue weighted by Crippen LogP contribution is 2.33. The molecule has 0 N–H and O–H groups in total. The zero-order valence-corrected chi connectivity index (χ0v) is 13.6. The lowest BCUT2D eigenvalue weighted by Gasteiger charge is -2.40. The van der Waals surface area contributed by atoms with Gasteiger partial charge in [-0.1, -0.05) is 53.4 Å². The van der Waals surface area contributed by atoms with Crippen LogP contribution >= 0.6 is 0 Å². The molecule has 1 aliphatic heterocycles. The molecule has 0 aromatic carbocycles. The Morgan fingerprint density at radius 2 is 1.90 bits per heavy atom. The van der Waals surface area contributed by atoms with E-state index in [1.165, 1.54) is 26.2 Å². The van der Waals surface area contributed by atoms with E-state index in [0.717, 1.165) is 12.8 Å². The quantitative estimate of drug-likeness (QED) is 0.546. The molecule has 0 radical (unpaired) electrons. The number of hydrogen-bond acceptors (Lipinski definition) is 4. The van der Waals surface area contributed by atoms with Gasteiger partial charge >= 0.3 is 5.97 Å². The SMILES string of the molecule is CCCCCC[C@H]1C[C@H](OC(C)=O)O[C@@H](C(C)(C)C)O1. The zero-order valence-electron chi connectivity index (χ0n) is 13.6. The van der Waals surface area contributed by atoms with Gasteiger partial charge in [0.25, 0.3) is 0 Å². The van der Waals surface area contributed by atoms with Gasteiger partial charge in [-0.3, -0.25) is 4.79 Å². The van der Waals surface area contributed by atoms with Gasteiger partial charge in [0.1, 0.15) is 0 Å². The fourth-order valence-electron chi connectivity index (χ4n) is 2.32. The summed E-state index contributed by atoms with van der Waals surface area (Å²) in [6.45, 7) is 9.84. The Kier molecular flexibility index (Phi) is 6.96. The lowest BCUT2D eigenvalue weighted by Crippen LogP contribution is -2.46. The molecule has 0 amide bonds. The highest BCUT2D eigenvalue weighted by Gasteiger charge is 2.38. The largest absolute Gasteiger partial charge is 0.436 e. The van der Waals surface area contributed by atoms with Crippen molar-refractivity contribution in [2.24, 2.45) is 5.41 Å². The summed E-state index contributed by atoms with van der Waals surface area (Å²) in [5, 5.41) is 0. The second kappa shape index (κ2) is 7.99. The van der Waals surface area contributed by atoms with E-state index in [1.807, 2.05) is 0 Å². The number of carbonyl (C=O) groups excluding carboxylic acids is 1. The molecule has 0 spiro atoms. The third-order valence-corrected chi connectivity index (χ3v) is 3.43. The molecular formula is C16H30O4. The number of rotatable bonds is 6. The van der Waals surface area contributed by atoms with E-state index < -0.39 is 6.29 Å². The summed E-state index contributed by atoms with van der Waals surface area (Å²) in [7, 11) is 0. The highest BCUT2D eigenvalue weighted by molar-refractivity contribution is 5.66. The second-order valence-corrected chi connectivity index (χ2v) is 6.72. The third-order valence-electron chi connectivity index (χ3n) is 3.43. The molecule has 1 heterocycles. The Hall–Kier alpha value is -0.610. The van der Waals surface area contributed by atoms with Gasteiger partial charge in [0.15, 0.2) is 6.29 Å². The molecule has 0 bridgehead atoms. The first-order valence-electron chi connectivity index (χ1n) is 7.81. The molecule has 4 nitrogen and oxygen atoms in total. The maximum Gasteiger partial charge on any atom is 0.304 e. The molecular weight excluding hydrogens is 256 g/mol. The molecule has 118 valence electrons. The minimum Gasteiger partial charge on any atom is -0.436 e. The van der Waals surface area contributed by atoms with Crippen LogP contribution in [-0.2, 0) is 19.0 Å². The van der Waals surface area contributed by atoms with Gasteiger partial charge in [0.05, 0.1) is 6.10 Å². The predicted molar refractivity (Wildman–Crippen MR) is 78.1 cm³/mol. The van der Waals surface area contributed by atoms with Crippen molar-refractivity contribution in [3.63, 3.8) is 0 Å². The summed E-state index contributed by atoms with van der Waals surface area (Å²) in [5.74, 6) is -0.297. The summed E-state index contributed by atoms with van der Waals surface area (Å²) < 4.78 is 17.0. The van der Waals surface area contributed by atoms with Gasteiger partial charge in [-0.25, -0.2) is 0 Å². The van der Waals surface area contributed by atoms with E-state index in [4.69, 9.17) is 14.2 Å². The van der Waals surface area contributed by atoms with Crippen LogP contribution in [0.5, 0.6) is 0 Å². The molecule has 4 heteroatoms. The molecule has 1 fully saturated rings. The van der Waals surface area contributed by atoms with Gasteiger partial charge in [0.2, 0.25) is 6.29 Å². The first-order valence-corrected chi connectivity index (χ1v) is 7.81. The standard InChI is InChI=1S/C16H30O4/c1-6-7-8-9-10-13-11-14(18-12(2)17)20-15(19-13)16(3,4)5/h13-15H,6-11H2,1-5H3/t13-,14+,15-/m0/s1. The molecule has 20 heavy (non-hydrogen) atoms. The number of esters is 1. The first kappa shape index (κ1) is 17.4. The molecule has 0 saturated carbocycles. The van der Waals surface area contributed by atoms with Crippen LogP contribution in [0.15, 0.2) is 0 Å². The van der Waals surface area contributed by atoms with Gasteiger partial charge in [0, 0.05) is 18.8 Å². The molecule has 0 aromatic heterocycles. The Bertz CT molecular complexity index is 295. The first-order chi connectivity index (χ1) is 9.32. The van der Waals surface area contributed by atoms with Gasteiger partial charge in [-0.05, 0) is 6.42 Å². The van der Waals surface area contributed by atoms with Crippen molar-refractivity contribution >= 4 is 5.97 Å². The van der Waals surface area contributed by atoms with Crippen LogP contribution in [0, 0.1) is 5.41 Å². The fourth-order valence-corrected chi connectivity index (χ4v) is 2.32. The average molecular weight is 286 g/mol. The zero-order chi connectivity index (χ0) is 15.2. The second-order valence-electron chi connectivity index (χ2n) is 6.72. The summed E-state index contributed by atoms with van der Waals surface area (Å²) in [6.07, 6.45) is 5.85. The van der Waals surface area contributed by atoms with Crippen LogP contribution in [0.3, 0.4) is 0 Å². The van der Waals surface area contributed by atoms with E-state index in [0.29, 0.717) is 6.42 Å². The number of hydrogen-bond donors (Lipinski definition) is 0. The lowest BCUT2D eigenvalue weighted by atomic mass is 9.94. The van der Waals surface area contributed by atoms with Crippen LogP contribution in [0.1, 0.15) is 73.1 Å². The Morgan fingerprint density at radius 3 is 2.45 bits per heavy atom. The van der Waals surface area contributed by atoms with Crippen LogP contribution < -0.4 is 0 Å².